The number of ether oxygens (including phenoxy) is 1. The predicted octanol–water partition coefficient (Wildman–Crippen LogP) is 3.69. The van der Waals surface area contributed by atoms with Gasteiger partial charge in [0, 0.05) is 50.6 Å². The second kappa shape index (κ2) is 9.82. The van der Waals surface area contributed by atoms with E-state index in [2.05, 4.69) is 0 Å². The lowest BCUT2D eigenvalue weighted by Crippen LogP contribution is -2.51. The van der Waals surface area contributed by atoms with Gasteiger partial charge in [-0.25, -0.2) is 4.79 Å². The van der Waals surface area contributed by atoms with Crippen molar-refractivity contribution in [1.82, 2.24) is 9.80 Å². The summed E-state index contributed by atoms with van der Waals surface area (Å²) in [5.74, 6) is 0.569. The molecule has 10 heteroatoms. The van der Waals surface area contributed by atoms with Crippen LogP contribution >= 0.6 is 0 Å². The van der Waals surface area contributed by atoms with E-state index in [0.29, 0.717) is 51.6 Å². The molecule has 0 bridgehead atoms. The molecule has 0 spiro atoms. The van der Waals surface area contributed by atoms with Crippen LogP contribution in [0.3, 0.4) is 0 Å². The molecule has 2 aromatic rings. The molecule has 0 aromatic heterocycles. The third-order valence-corrected chi connectivity index (χ3v) is 6.05. The fraction of sp³-hybridized carbons (Fsp3) is 0.417. The summed E-state index contributed by atoms with van der Waals surface area (Å²) < 4.78 is 44.4. The zero-order chi connectivity index (χ0) is 24.3. The van der Waals surface area contributed by atoms with Crippen molar-refractivity contribution < 1.29 is 27.5 Å². The van der Waals surface area contributed by atoms with Gasteiger partial charge in [-0.1, -0.05) is 6.07 Å². The van der Waals surface area contributed by atoms with Crippen molar-refractivity contribution in [3.8, 4) is 5.75 Å². The minimum Gasteiger partial charge on any atom is -0.494 e. The molecule has 3 amide bonds. The summed E-state index contributed by atoms with van der Waals surface area (Å²) in [6.45, 7) is 5.02. The molecule has 7 nitrogen and oxygen atoms in total. The largest absolute Gasteiger partial charge is 0.494 e. The lowest BCUT2D eigenvalue weighted by atomic mass is 10.1. The smallest absolute Gasteiger partial charge is 0.416 e. The van der Waals surface area contributed by atoms with E-state index in [1.807, 2.05) is 36.1 Å². The first-order valence-corrected chi connectivity index (χ1v) is 11.3. The van der Waals surface area contributed by atoms with Crippen LogP contribution in [0.5, 0.6) is 5.75 Å². The Morgan fingerprint density at radius 2 is 1.65 bits per heavy atom. The normalized spacial score (nSPS) is 16.9. The lowest BCUT2D eigenvalue weighted by molar-refractivity contribution is -0.137. The number of amides is 3. The van der Waals surface area contributed by atoms with Crippen LogP contribution < -0.4 is 14.5 Å². The SMILES string of the molecule is CCOc1ccc(N2CCN(CC(=O)N3CCN(c4cccc(C(F)(F)F)c4)CC3)C2=O)cc1. The molecular weight excluding hydrogens is 449 g/mol. The van der Waals surface area contributed by atoms with Crippen molar-refractivity contribution in [3.63, 3.8) is 0 Å². The average molecular weight is 476 g/mol. The fourth-order valence-corrected chi connectivity index (χ4v) is 4.21. The topological polar surface area (TPSA) is 56.3 Å². The molecular formula is C24H27F3N4O3. The number of halogens is 3. The maximum absolute atomic E-state index is 13.0. The highest BCUT2D eigenvalue weighted by atomic mass is 19.4. The highest BCUT2D eigenvalue weighted by molar-refractivity contribution is 5.96. The van der Waals surface area contributed by atoms with Crippen LogP contribution in [0.25, 0.3) is 0 Å². The molecule has 0 unspecified atom stereocenters. The maximum atomic E-state index is 13.0. The van der Waals surface area contributed by atoms with E-state index in [1.54, 1.807) is 15.9 Å². The Balaban J connectivity index is 1.30. The number of carbonyl (C=O) groups is 2. The van der Waals surface area contributed by atoms with Crippen molar-refractivity contribution in [3.05, 3.63) is 54.1 Å². The van der Waals surface area contributed by atoms with E-state index in [4.69, 9.17) is 4.74 Å². The summed E-state index contributed by atoms with van der Waals surface area (Å²) in [7, 11) is 0. The third-order valence-electron chi connectivity index (χ3n) is 6.05. The van der Waals surface area contributed by atoms with Gasteiger partial charge in [-0.15, -0.1) is 0 Å². The zero-order valence-corrected chi connectivity index (χ0v) is 18.9. The Hall–Kier alpha value is -3.43. The monoisotopic (exact) mass is 476 g/mol. The number of nitrogens with zero attached hydrogens (tertiary/aromatic N) is 4. The maximum Gasteiger partial charge on any atom is 0.416 e. The fourth-order valence-electron chi connectivity index (χ4n) is 4.21. The number of piperazine rings is 1. The van der Waals surface area contributed by atoms with Crippen molar-refractivity contribution in [2.45, 2.75) is 13.1 Å². The van der Waals surface area contributed by atoms with E-state index in [9.17, 15) is 22.8 Å². The number of carbonyl (C=O) groups excluding carboxylic acids is 2. The number of hydrogen-bond acceptors (Lipinski definition) is 4. The molecule has 2 heterocycles. The minimum atomic E-state index is -4.39. The van der Waals surface area contributed by atoms with Crippen LogP contribution in [-0.4, -0.2) is 74.2 Å². The van der Waals surface area contributed by atoms with Gasteiger partial charge in [0.1, 0.15) is 12.3 Å². The predicted molar refractivity (Wildman–Crippen MR) is 122 cm³/mol. The third kappa shape index (κ3) is 5.21. The van der Waals surface area contributed by atoms with Gasteiger partial charge >= 0.3 is 12.2 Å². The summed E-state index contributed by atoms with van der Waals surface area (Å²) in [4.78, 5) is 32.3. The standard InChI is InChI=1S/C24H27F3N4O3/c1-2-34-21-8-6-19(7-9-21)31-15-14-30(23(31)33)17-22(32)29-12-10-28(11-13-29)20-5-3-4-18(16-20)24(25,26)27/h3-9,16H,2,10-15,17H2,1H3. The molecule has 0 saturated carbocycles. The van der Waals surface area contributed by atoms with Crippen molar-refractivity contribution in [2.75, 3.05) is 62.2 Å². The highest BCUT2D eigenvalue weighted by Crippen LogP contribution is 2.32. The van der Waals surface area contributed by atoms with Gasteiger partial charge in [-0.3, -0.25) is 9.69 Å². The molecule has 2 aliphatic heterocycles. The van der Waals surface area contributed by atoms with Gasteiger partial charge in [0.05, 0.1) is 12.2 Å². The first-order chi connectivity index (χ1) is 16.3. The molecule has 4 rings (SSSR count). The van der Waals surface area contributed by atoms with Gasteiger partial charge in [-0.05, 0) is 49.4 Å². The quantitative estimate of drug-likeness (QED) is 0.638. The van der Waals surface area contributed by atoms with Crippen LogP contribution in [-0.2, 0) is 11.0 Å². The summed E-state index contributed by atoms with van der Waals surface area (Å²) in [5, 5.41) is 0. The Bertz CT molecular complexity index is 1020. The number of urea groups is 1. The molecule has 2 aliphatic rings. The highest BCUT2D eigenvalue weighted by Gasteiger charge is 2.33. The second-order valence-corrected chi connectivity index (χ2v) is 8.20. The van der Waals surface area contributed by atoms with Crippen LogP contribution in [0.2, 0.25) is 0 Å². The first-order valence-electron chi connectivity index (χ1n) is 11.3. The molecule has 0 atom stereocenters. The number of hydrogen-bond donors (Lipinski definition) is 0. The molecule has 0 N–H and O–H groups in total. The average Bonchev–Trinajstić information content (AvgIpc) is 3.19. The Labute approximate surface area is 196 Å². The summed E-state index contributed by atoms with van der Waals surface area (Å²) in [6.07, 6.45) is -4.39. The number of rotatable bonds is 6. The number of benzene rings is 2. The first kappa shape index (κ1) is 23.7. The van der Waals surface area contributed by atoms with Gasteiger partial charge in [0.15, 0.2) is 0 Å². The molecule has 2 fully saturated rings. The summed E-state index contributed by atoms with van der Waals surface area (Å²) in [6, 6.07) is 12.3. The molecule has 2 aromatic carbocycles. The van der Waals surface area contributed by atoms with Crippen LogP contribution in [0.15, 0.2) is 48.5 Å². The number of alkyl halides is 3. The van der Waals surface area contributed by atoms with E-state index in [-0.39, 0.29) is 18.5 Å². The summed E-state index contributed by atoms with van der Waals surface area (Å²) >= 11 is 0. The minimum absolute atomic E-state index is 0.0179. The van der Waals surface area contributed by atoms with Crippen molar-refractivity contribution in [2.24, 2.45) is 0 Å². The molecule has 2 saturated heterocycles. The van der Waals surface area contributed by atoms with E-state index >= 15 is 0 Å². The molecule has 0 aliphatic carbocycles. The zero-order valence-electron chi connectivity index (χ0n) is 18.9. The van der Waals surface area contributed by atoms with Crippen LogP contribution in [0.1, 0.15) is 12.5 Å². The second-order valence-electron chi connectivity index (χ2n) is 8.20. The van der Waals surface area contributed by atoms with Gasteiger partial charge in [-0.2, -0.15) is 13.2 Å². The van der Waals surface area contributed by atoms with Gasteiger partial charge < -0.3 is 19.4 Å². The Morgan fingerprint density at radius 3 is 2.29 bits per heavy atom. The Morgan fingerprint density at radius 1 is 0.941 bits per heavy atom. The van der Waals surface area contributed by atoms with Gasteiger partial charge in [0.2, 0.25) is 5.91 Å². The van der Waals surface area contributed by atoms with Crippen molar-refractivity contribution >= 4 is 23.3 Å². The Kier molecular flexibility index (Phi) is 6.85. The van der Waals surface area contributed by atoms with E-state index < -0.39 is 11.7 Å². The van der Waals surface area contributed by atoms with E-state index in [1.165, 1.54) is 11.0 Å². The van der Waals surface area contributed by atoms with Crippen LogP contribution in [0.4, 0.5) is 29.3 Å². The van der Waals surface area contributed by atoms with Crippen LogP contribution in [0, 0.1) is 0 Å². The molecule has 34 heavy (non-hydrogen) atoms. The van der Waals surface area contributed by atoms with E-state index in [0.717, 1.165) is 23.6 Å². The molecule has 0 radical (unpaired) electrons. The van der Waals surface area contributed by atoms with Gasteiger partial charge in [0.25, 0.3) is 0 Å². The molecule has 182 valence electrons. The van der Waals surface area contributed by atoms with Crippen molar-refractivity contribution in [1.29, 1.82) is 0 Å². The number of anilines is 2. The summed E-state index contributed by atoms with van der Waals surface area (Å²) in [5.41, 5.74) is 0.550. The lowest BCUT2D eigenvalue weighted by Gasteiger charge is -2.37.